The van der Waals surface area contributed by atoms with Crippen LogP contribution in [-0.2, 0) is 0 Å². The Morgan fingerprint density at radius 2 is 2.24 bits per heavy atom. The number of nitrogen functional groups attached to an aromatic ring is 1. The Morgan fingerprint density at radius 3 is 2.76 bits per heavy atom. The second-order valence-electron chi connectivity index (χ2n) is 4.77. The van der Waals surface area contributed by atoms with Gasteiger partial charge in [-0.2, -0.15) is 0 Å². The van der Waals surface area contributed by atoms with E-state index in [1.807, 2.05) is 0 Å². The minimum absolute atomic E-state index is 0.0758. The van der Waals surface area contributed by atoms with Crippen molar-refractivity contribution in [1.29, 1.82) is 0 Å². The van der Waals surface area contributed by atoms with Crippen LogP contribution in [0.4, 0.5) is 5.69 Å². The number of hydrogen-bond acceptors (Lipinski definition) is 2. The Morgan fingerprint density at radius 1 is 1.53 bits per heavy atom. The van der Waals surface area contributed by atoms with Gasteiger partial charge < -0.3 is 11.1 Å². The molecule has 1 saturated carbocycles. The van der Waals surface area contributed by atoms with Crippen molar-refractivity contribution in [1.82, 2.24) is 5.32 Å². The lowest BCUT2D eigenvalue weighted by Crippen LogP contribution is -2.30. The lowest BCUT2D eigenvalue weighted by Gasteiger charge is -2.13. The Bertz CT molecular complexity index is 441. The van der Waals surface area contributed by atoms with Crippen LogP contribution in [0.25, 0.3) is 0 Å². The highest BCUT2D eigenvalue weighted by Crippen LogP contribution is 2.47. The Balaban J connectivity index is 1.97. The monoisotopic (exact) mass is 252 g/mol. The van der Waals surface area contributed by atoms with E-state index < -0.39 is 0 Å². The summed E-state index contributed by atoms with van der Waals surface area (Å²) in [6.45, 7) is 2.92. The summed E-state index contributed by atoms with van der Waals surface area (Å²) in [6, 6.07) is 4.96. The van der Waals surface area contributed by atoms with E-state index in [4.69, 9.17) is 17.3 Å². The van der Waals surface area contributed by atoms with Gasteiger partial charge >= 0.3 is 0 Å². The van der Waals surface area contributed by atoms with Gasteiger partial charge in [0, 0.05) is 12.1 Å². The maximum Gasteiger partial charge on any atom is 0.251 e. The van der Waals surface area contributed by atoms with Gasteiger partial charge in [-0.3, -0.25) is 4.79 Å². The molecule has 0 aromatic heterocycles. The van der Waals surface area contributed by atoms with Crippen LogP contribution in [0.15, 0.2) is 18.2 Å². The molecule has 1 aliphatic carbocycles. The summed E-state index contributed by atoms with van der Waals surface area (Å²) in [4.78, 5) is 11.9. The molecule has 1 aromatic rings. The van der Waals surface area contributed by atoms with Gasteiger partial charge in [0.25, 0.3) is 5.91 Å². The quantitative estimate of drug-likeness (QED) is 0.810. The van der Waals surface area contributed by atoms with Crippen LogP contribution in [-0.4, -0.2) is 12.5 Å². The predicted octanol–water partition coefficient (Wildman–Crippen LogP) is 2.84. The van der Waals surface area contributed by atoms with Crippen molar-refractivity contribution in [3.63, 3.8) is 0 Å². The normalized spacial score (nSPS) is 16.6. The van der Waals surface area contributed by atoms with E-state index in [9.17, 15) is 4.79 Å². The standard InChI is InChI=1S/C13H17ClN2O/c1-2-13(5-6-13)8-16-12(17)9-3-4-10(14)11(15)7-9/h3-4,7H,2,5-6,8,15H2,1H3,(H,16,17). The van der Waals surface area contributed by atoms with Crippen molar-refractivity contribution in [2.45, 2.75) is 26.2 Å². The number of anilines is 1. The van der Waals surface area contributed by atoms with E-state index >= 15 is 0 Å². The zero-order valence-corrected chi connectivity index (χ0v) is 10.7. The summed E-state index contributed by atoms with van der Waals surface area (Å²) in [7, 11) is 0. The van der Waals surface area contributed by atoms with Crippen molar-refractivity contribution < 1.29 is 4.79 Å². The summed E-state index contributed by atoms with van der Waals surface area (Å²) in [5.74, 6) is -0.0758. The molecular weight excluding hydrogens is 236 g/mol. The van der Waals surface area contributed by atoms with Crippen molar-refractivity contribution >= 4 is 23.2 Å². The van der Waals surface area contributed by atoms with Crippen molar-refractivity contribution in [2.75, 3.05) is 12.3 Å². The average molecular weight is 253 g/mol. The number of halogens is 1. The van der Waals surface area contributed by atoms with Gasteiger partial charge in [0.2, 0.25) is 0 Å². The second kappa shape index (κ2) is 4.57. The van der Waals surface area contributed by atoms with Gasteiger partial charge in [-0.1, -0.05) is 18.5 Å². The molecule has 1 aliphatic rings. The molecule has 17 heavy (non-hydrogen) atoms. The first kappa shape index (κ1) is 12.2. The summed E-state index contributed by atoms with van der Waals surface area (Å²) < 4.78 is 0. The van der Waals surface area contributed by atoms with Gasteiger partial charge in [0.15, 0.2) is 0 Å². The molecule has 0 radical (unpaired) electrons. The first-order valence-corrected chi connectivity index (χ1v) is 6.27. The lowest BCUT2D eigenvalue weighted by molar-refractivity contribution is 0.0944. The van der Waals surface area contributed by atoms with E-state index in [-0.39, 0.29) is 5.91 Å². The summed E-state index contributed by atoms with van der Waals surface area (Å²) in [6.07, 6.45) is 3.55. The van der Waals surface area contributed by atoms with Gasteiger partial charge in [-0.05, 0) is 42.9 Å². The highest BCUT2D eigenvalue weighted by atomic mass is 35.5. The third-order valence-corrected chi connectivity index (χ3v) is 3.93. The van der Waals surface area contributed by atoms with Crippen LogP contribution < -0.4 is 11.1 Å². The molecule has 0 spiro atoms. The average Bonchev–Trinajstić information content (AvgIpc) is 3.10. The highest BCUT2D eigenvalue weighted by molar-refractivity contribution is 6.33. The largest absolute Gasteiger partial charge is 0.398 e. The Labute approximate surface area is 106 Å². The summed E-state index contributed by atoms with van der Waals surface area (Å²) in [5, 5.41) is 3.44. The van der Waals surface area contributed by atoms with E-state index in [2.05, 4.69) is 12.2 Å². The minimum atomic E-state index is -0.0758. The molecule has 1 fully saturated rings. The summed E-state index contributed by atoms with van der Waals surface area (Å²) in [5.41, 5.74) is 7.03. The molecule has 0 bridgehead atoms. The number of amides is 1. The number of rotatable bonds is 4. The summed E-state index contributed by atoms with van der Waals surface area (Å²) >= 11 is 5.81. The lowest BCUT2D eigenvalue weighted by atomic mass is 10.0. The van der Waals surface area contributed by atoms with E-state index in [0.29, 0.717) is 21.7 Å². The van der Waals surface area contributed by atoms with Gasteiger partial charge in [0.1, 0.15) is 0 Å². The van der Waals surface area contributed by atoms with Crippen LogP contribution in [0.3, 0.4) is 0 Å². The Kier molecular flexibility index (Phi) is 3.29. The number of carbonyl (C=O) groups excluding carboxylic acids is 1. The molecule has 3 nitrogen and oxygen atoms in total. The molecular formula is C13H17ClN2O. The molecule has 0 saturated heterocycles. The topological polar surface area (TPSA) is 55.1 Å². The van der Waals surface area contributed by atoms with Crippen LogP contribution in [0.2, 0.25) is 5.02 Å². The molecule has 1 amide bonds. The second-order valence-corrected chi connectivity index (χ2v) is 5.18. The molecule has 0 aliphatic heterocycles. The number of nitrogens with one attached hydrogen (secondary N) is 1. The number of nitrogens with two attached hydrogens (primary N) is 1. The van der Waals surface area contributed by atoms with E-state index in [0.717, 1.165) is 13.0 Å². The fraction of sp³-hybridized carbons (Fsp3) is 0.462. The van der Waals surface area contributed by atoms with Crippen molar-refractivity contribution in [3.8, 4) is 0 Å². The van der Waals surface area contributed by atoms with Crippen LogP contribution >= 0.6 is 11.6 Å². The van der Waals surface area contributed by atoms with Gasteiger partial charge in [-0.25, -0.2) is 0 Å². The van der Waals surface area contributed by atoms with Gasteiger partial charge in [-0.15, -0.1) is 0 Å². The van der Waals surface area contributed by atoms with E-state index in [1.54, 1.807) is 18.2 Å². The number of hydrogen-bond donors (Lipinski definition) is 2. The minimum Gasteiger partial charge on any atom is -0.398 e. The molecule has 0 heterocycles. The fourth-order valence-electron chi connectivity index (χ4n) is 1.89. The number of benzene rings is 1. The van der Waals surface area contributed by atoms with Crippen molar-refractivity contribution in [2.24, 2.45) is 5.41 Å². The molecule has 0 atom stereocenters. The smallest absolute Gasteiger partial charge is 0.251 e. The molecule has 0 unspecified atom stereocenters. The molecule has 92 valence electrons. The first-order chi connectivity index (χ1) is 8.06. The Hall–Kier alpha value is -1.22. The third-order valence-electron chi connectivity index (χ3n) is 3.59. The predicted molar refractivity (Wildman–Crippen MR) is 70.2 cm³/mol. The van der Waals surface area contributed by atoms with Crippen LogP contribution in [0.1, 0.15) is 36.5 Å². The fourth-order valence-corrected chi connectivity index (χ4v) is 2.00. The van der Waals surface area contributed by atoms with Crippen LogP contribution in [0.5, 0.6) is 0 Å². The van der Waals surface area contributed by atoms with Crippen LogP contribution in [0, 0.1) is 5.41 Å². The zero-order valence-electron chi connectivity index (χ0n) is 9.92. The molecule has 2 rings (SSSR count). The maximum absolute atomic E-state index is 11.9. The van der Waals surface area contributed by atoms with Crippen molar-refractivity contribution in [3.05, 3.63) is 28.8 Å². The van der Waals surface area contributed by atoms with Gasteiger partial charge in [0.05, 0.1) is 10.7 Å². The maximum atomic E-state index is 11.9. The molecule has 3 N–H and O–H groups in total. The molecule has 1 aromatic carbocycles. The SMILES string of the molecule is CCC1(CNC(=O)c2ccc(Cl)c(N)c2)CC1. The third kappa shape index (κ3) is 2.72. The van der Waals surface area contributed by atoms with E-state index in [1.165, 1.54) is 12.8 Å². The number of carbonyl (C=O) groups is 1. The first-order valence-electron chi connectivity index (χ1n) is 5.89. The zero-order chi connectivity index (χ0) is 12.5. The molecule has 4 heteroatoms. The highest BCUT2D eigenvalue weighted by Gasteiger charge is 2.40.